The van der Waals surface area contributed by atoms with Crippen LogP contribution in [-0.4, -0.2) is 30.3 Å². The minimum atomic E-state index is -1.02. The molecule has 3 aromatic rings. The average molecular weight is 464 g/mol. The van der Waals surface area contributed by atoms with Crippen LogP contribution in [0, 0.1) is 13.8 Å². The van der Waals surface area contributed by atoms with Gasteiger partial charge in [0.2, 0.25) is 5.91 Å². The third-order valence-electron chi connectivity index (χ3n) is 6.05. The van der Waals surface area contributed by atoms with Crippen LogP contribution in [0.4, 0.5) is 5.69 Å². The van der Waals surface area contributed by atoms with E-state index >= 15 is 0 Å². The Hall–Kier alpha value is -3.81. The van der Waals surface area contributed by atoms with Crippen LogP contribution in [0.2, 0.25) is 0 Å². The Bertz CT molecular complexity index is 1130. The lowest BCUT2D eigenvalue weighted by Crippen LogP contribution is -2.49. The number of rotatable bonds is 8. The van der Waals surface area contributed by atoms with Gasteiger partial charge in [-0.1, -0.05) is 30.5 Å². The van der Waals surface area contributed by atoms with Gasteiger partial charge in [0.05, 0.1) is 19.1 Å². The Labute approximate surface area is 198 Å². The number of benzene rings is 1. The van der Waals surface area contributed by atoms with Gasteiger partial charge in [-0.15, -0.1) is 0 Å². The van der Waals surface area contributed by atoms with Crippen molar-refractivity contribution in [2.75, 3.05) is 11.4 Å². The summed E-state index contributed by atoms with van der Waals surface area (Å²) in [5.41, 5.74) is 2.44. The molecule has 8 nitrogen and oxygen atoms in total. The zero-order valence-electron chi connectivity index (χ0n) is 19.4. The predicted octanol–water partition coefficient (Wildman–Crippen LogP) is 4.05. The van der Waals surface area contributed by atoms with E-state index in [-0.39, 0.29) is 24.3 Å². The SMILES string of the molecule is Cc1ccc(N(C(=O)CNC(=O)c2ccco2)C(C(=O)NC2CCCC2)c2ccco2)c(C)c1. The Morgan fingerprint density at radius 3 is 2.41 bits per heavy atom. The van der Waals surface area contributed by atoms with Crippen molar-refractivity contribution in [2.45, 2.75) is 51.6 Å². The molecule has 1 unspecified atom stereocenters. The minimum absolute atomic E-state index is 0.0692. The van der Waals surface area contributed by atoms with Crippen molar-refractivity contribution >= 4 is 23.4 Å². The minimum Gasteiger partial charge on any atom is -0.467 e. The molecule has 0 saturated heterocycles. The number of anilines is 1. The fourth-order valence-corrected chi connectivity index (χ4v) is 4.40. The van der Waals surface area contributed by atoms with Gasteiger partial charge in [-0.05, 0) is 62.6 Å². The molecule has 4 rings (SSSR count). The van der Waals surface area contributed by atoms with Gasteiger partial charge in [0.1, 0.15) is 5.76 Å². The molecule has 34 heavy (non-hydrogen) atoms. The predicted molar refractivity (Wildman–Crippen MR) is 126 cm³/mol. The van der Waals surface area contributed by atoms with Gasteiger partial charge < -0.3 is 19.5 Å². The van der Waals surface area contributed by atoms with E-state index in [2.05, 4.69) is 10.6 Å². The summed E-state index contributed by atoms with van der Waals surface area (Å²) in [5, 5.41) is 5.69. The van der Waals surface area contributed by atoms with E-state index in [9.17, 15) is 14.4 Å². The third kappa shape index (κ3) is 5.22. The Balaban J connectivity index is 1.67. The maximum absolute atomic E-state index is 13.6. The highest BCUT2D eigenvalue weighted by atomic mass is 16.3. The number of carbonyl (C=O) groups is 3. The summed E-state index contributed by atoms with van der Waals surface area (Å²) in [7, 11) is 0. The summed E-state index contributed by atoms with van der Waals surface area (Å²) < 4.78 is 10.7. The van der Waals surface area contributed by atoms with Crippen LogP contribution in [0.1, 0.15) is 59.2 Å². The monoisotopic (exact) mass is 463 g/mol. The van der Waals surface area contributed by atoms with Crippen molar-refractivity contribution in [2.24, 2.45) is 0 Å². The zero-order chi connectivity index (χ0) is 24.1. The number of nitrogens with one attached hydrogen (secondary N) is 2. The molecule has 2 heterocycles. The summed E-state index contributed by atoms with van der Waals surface area (Å²) in [5.74, 6) is -0.820. The molecular weight excluding hydrogens is 434 g/mol. The topological polar surface area (TPSA) is 105 Å². The van der Waals surface area contributed by atoms with Crippen molar-refractivity contribution in [3.8, 4) is 0 Å². The largest absolute Gasteiger partial charge is 0.467 e. The zero-order valence-corrected chi connectivity index (χ0v) is 19.4. The second kappa shape index (κ2) is 10.4. The van der Waals surface area contributed by atoms with Crippen LogP contribution in [0.5, 0.6) is 0 Å². The molecule has 1 atom stereocenters. The summed E-state index contributed by atoms with van der Waals surface area (Å²) in [6.45, 7) is 3.53. The smallest absolute Gasteiger partial charge is 0.287 e. The highest BCUT2D eigenvalue weighted by Gasteiger charge is 2.36. The van der Waals surface area contributed by atoms with Crippen LogP contribution >= 0.6 is 0 Å². The van der Waals surface area contributed by atoms with Gasteiger partial charge >= 0.3 is 0 Å². The Kier molecular flexibility index (Phi) is 7.15. The lowest BCUT2D eigenvalue weighted by molar-refractivity contribution is -0.127. The molecule has 0 radical (unpaired) electrons. The van der Waals surface area contributed by atoms with Crippen molar-refractivity contribution in [3.63, 3.8) is 0 Å². The van der Waals surface area contributed by atoms with E-state index in [0.717, 1.165) is 36.8 Å². The van der Waals surface area contributed by atoms with Crippen LogP contribution < -0.4 is 15.5 Å². The fourth-order valence-electron chi connectivity index (χ4n) is 4.40. The molecule has 178 valence electrons. The van der Waals surface area contributed by atoms with Crippen LogP contribution in [0.25, 0.3) is 0 Å². The lowest BCUT2D eigenvalue weighted by atomic mass is 10.0. The molecule has 1 aromatic carbocycles. The van der Waals surface area contributed by atoms with E-state index in [1.54, 1.807) is 18.2 Å². The maximum Gasteiger partial charge on any atom is 0.287 e. The quantitative estimate of drug-likeness (QED) is 0.524. The molecule has 0 bridgehead atoms. The van der Waals surface area contributed by atoms with E-state index in [4.69, 9.17) is 8.83 Å². The van der Waals surface area contributed by atoms with E-state index in [0.29, 0.717) is 11.4 Å². The normalized spacial score (nSPS) is 14.5. The number of hydrogen-bond donors (Lipinski definition) is 2. The first-order valence-corrected chi connectivity index (χ1v) is 11.5. The van der Waals surface area contributed by atoms with Crippen LogP contribution in [0.15, 0.2) is 63.8 Å². The van der Waals surface area contributed by atoms with Crippen LogP contribution in [0.3, 0.4) is 0 Å². The first-order valence-electron chi connectivity index (χ1n) is 11.5. The summed E-state index contributed by atoms with van der Waals surface area (Å²) in [6.07, 6.45) is 6.82. The molecule has 1 aliphatic carbocycles. The first-order chi connectivity index (χ1) is 16.4. The molecular formula is C26H29N3O5. The third-order valence-corrected chi connectivity index (χ3v) is 6.05. The molecule has 0 aliphatic heterocycles. The second-order valence-electron chi connectivity index (χ2n) is 8.62. The summed E-state index contributed by atoms with van der Waals surface area (Å²) >= 11 is 0. The van der Waals surface area contributed by atoms with Gasteiger partial charge in [0, 0.05) is 11.7 Å². The second-order valence-corrected chi connectivity index (χ2v) is 8.62. The van der Waals surface area contributed by atoms with E-state index in [1.807, 2.05) is 32.0 Å². The summed E-state index contributed by atoms with van der Waals surface area (Å²) in [4.78, 5) is 40.9. The van der Waals surface area contributed by atoms with Gasteiger partial charge in [0.15, 0.2) is 11.8 Å². The van der Waals surface area contributed by atoms with Gasteiger partial charge in [0.25, 0.3) is 11.8 Å². The highest BCUT2D eigenvalue weighted by molar-refractivity contribution is 6.04. The van der Waals surface area contributed by atoms with Crippen molar-refractivity contribution in [1.29, 1.82) is 0 Å². The van der Waals surface area contributed by atoms with Crippen molar-refractivity contribution < 1.29 is 23.2 Å². The highest BCUT2D eigenvalue weighted by Crippen LogP contribution is 2.32. The summed E-state index contributed by atoms with van der Waals surface area (Å²) in [6, 6.07) is 11.2. The van der Waals surface area contributed by atoms with Gasteiger partial charge in [-0.25, -0.2) is 0 Å². The molecule has 1 aliphatic rings. The van der Waals surface area contributed by atoms with Crippen molar-refractivity contribution in [1.82, 2.24) is 10.6 Å². The van der Waals surface area contributed by atoms with Gasteiger partial charge in [-0.2, -0.15) is 0 Å². The van der Waals surface area contributed by atoms with E-state index < -0.39 is 17.9 Å². The maximum atomic E-state index is 13.6. The van der Waals surface area contributed by atoms with Crippen LogP contribution in [-0.2, 0) is 9.59 Å². The number of aryl methyl sites for hydroxylation is 2. The molecule has 0 spiro atoms. The van der Waals surface area contributed by atoms with Gasteiger partial charge in [-0.3, -0.25) is 19.3 Å². The number of nitrogens with zero attached hydrogens (tertiary/aromatic N) is 1. The first kappa shape index (κ1) is 23.4. The van der Waals surface area contributed by atoms with Crippen molar-refractivity contribution in [3.05, 3.63) is 77.6 Å². The lowest BCUT2D eigenvalue weighted by Gasteiger charge is -2.32. The fraction of sp³-hybridized carbons (Fsp3) is 0.346. The molecule has 1 fully saturated rings. The molecule has 2 N–H and O–H groups in total. The molecule has 2 aromatic heterocycles. The number of carbonyl (C=O) groups excluding carboxylic acids is 3. The molecule has 1 saturated carbocycles. The molecule has 8 heteroatoms. The number of hydrogen-bond acceptors (Lipinski definition) is 5. The molecule has 3 amide bonds. The Morgan fingerprint density at radius 2 is 1.76 bits per heavy atom. The number of amides is 3. The van der Waals surface area contributed by atoms with E-state index in [1.165, 1.54) is 23.5 Å². The standard InChI is InChI=1S/C26H29N3O5/c1-17-11-12-20(18(2)15-17)29(23(30)16-27-25(31)22-10-6-14-34-22)24(21-9-5-13-33-21)26(32)28-19-7-3-4-8-19/h5-6,9-15,19,24H,3-4,7-8,16H2,1-2H3,(H,27,31)(H,28,32). The average Bonchev–Trinajstić information content (AvgIpc) is 3.59. The number of furan rings is 2. The Morgan fingerprint density at radius 1 is 1.03 bits per heavy atom.